The van der Waals surface area contributed by atoms with Crippen molar-refractivity contribution in [3.05, 3.63) is 78.1 Å². The van der Waals surface area contributed by atoms with Crippen molar-refractivity contribution in [1.82, 2.24) is 19.6 Å². The van der Waals surface area contributed by atoms with Gasteiger partial charge in [0.1, 0.15) is 5.82 Å². The zero-order valence-electron chi connectivity index (χ0n) is 14.8. The molecule has 6 heteroatoms. The second-order valence-corrected chi connectivity index (χ2v) is 5.97. The van der Waals surface area contributed by atoms with Gasteiger partial charge in [-0.3, -0.25) is 0 Å². The summed E-state index contributed by atoms with van der Waals surface area (Å²) in [5.41, 5.74) is 10.1. The molecule has 2 aromatic heterocycles. The van der Waals surface area contributed by atoms with Gasteiger partial charge in [0, 0.05) is 12.0 Å². The van der Waals surface area contributed by atoms with E-state index >= 15 is 0 Å². The second-order valence-electron chi connectivity index (χ2n) is 5.97. The van der Waals surface area contributed by atoms with E-state index in [2.05, 4.69) is 28.2 Å². The van der Waals surface area contributed by atoms with Crippen molar-refractivity contribution in [3.8, 4) is 11.3 Å². The normalized spacial score (nSPS) is 11.7. The summed E-state index contributed by atoms with van der Waals surface area (Å²) >= 11 is 0. The summed E-state index contributed by atoms with van der Waals surface area (Å²) in [6.07, 6.45) is 5.79. The van der Waals surface area contributed by atoms with E-state index in [9.17, 15) is 4.39 Å². The number of hydrogen-bond donors (Lipinski definition) is 1. The first kappa shape index (κ1) is 17.5. The van der Waals surface area contributed by atoms with Crippen LogP contribution in [0.15, 0.2) is 55.2 Å². The Bertz CT molecular complexity index is 1050. The highest BCUT2D eigenvalue weighted by molar-refractivity contribution is 5.71. The van der Waals surface area contributed by atoms with Gasteiger partial charge in [-0.1, -0.05) is 43.5 Å². The Morgan fingerprint density at radius 2 is 2.04 bits per heavy atom. The number of allylic oxidation sites excluding steroid dienone is 4. The Hall–Kier alpha value is -3.28. The highest BCUT2D eigenvalue weighted by atomic mass is 19.1. The molecule has 3 rings (SSSR count). The van der Waals surface area contributed by atoms with E-state index in [1.165, 1.54) is 6.07 Å². The maximum Gasteiger partial charge on any atom is 0.198 e. The number of rotatable bonds is 5. The average Bonchev–Trinajstić information content (AvgIpc) is 3.05. The summed E-state index contributed by atoms with van der Waals surface area (Å²) in [5, 5.41) is 4.55. The lowest BCUT2D eigenvalue weighted by molar-refractivity contribution is 0.619. The zero-order valence-corrected chi connectivity index (χ0v) is 14.8. The van der Waals surface area contributed by atoms with Crippen molar-refractivity contribution < 1.29 is 4.39 Å². The molecule has 0 unspecified atom stereocenters. The van der Waals surface area contributed by atoms with Crippen molar-refractivity contribution in [2.24, 2.45) is 0 Å². The number of nitrogen functional groups attached to an aromatic ring is 1. The molecule has 2 heterocycles. The third kappa shape index (κ3) is 3.01. The number of aromatic nitrogens is 4. The van der Waals surface area contributed by atoms with E-state index in [-0.39, 0.29) is 11.6 Å². The van der Waals surface area contributed by atoms with Crippen molar-refractivity contribution >= 4 is 11.5 Å². The van der Waals surface area contributed by atoms with Crippen LogP contribution in [0, 0.1) is 19.7 Å². The van der Waals surface area contributed by atoms with E-state index in [0.717, 1.165) is 11.3 Å². The molecule has 0 atom stereocenters. The fourth-order valence-corrected chi connectivity index (χ4v) is 2.83. The minimum Gasteiger partial charge on any atom is -0.381 e. The third-order valence-electron chi connectivity index (χ3n) is 4.25. The predicted molar refractivity (Wildman–Crippen MR) is 102 cm³/mol. The molecule has 3 aromatic rings. The maximum atomic E-state index is 14.0. The van der Waals surface area contributed by atoms with Gasteiger partial charge < -0.3 is 5.73 Å². The van der Waals surface area contributed by atoms with Crippen molar-refractivity contribution in [1.29, 1.82) is 0 Å². The molecule has 0 saturated carbocycles. The van der Waals surface area contributed by atoms with E-state index in [1.54, 1.807) is 29.7 Å². The van der Waals surface area contributed by atoms with Crippen LogP contribution in [0.2, 0.25) is 0 Å². The Labute approximate surface area is 151 Å². The molecular weight excluding hydrogens is 329 g/mol. The van der Waals surface area contributed by atoms with Gasteiger partial charge in [0.05, 0.1) is 11.4 Å². The van der Waals surface area contributed by atoms with Crippen LogP contribution in [0.1, 0.15) is 17.1 Å². The highest BCUT2D eigenvalue weighted by Gasteiger charge is 2.17. The second kappa shape index (κ2) is 6.92. The smallest absolute Gasteiger partial charge is 0.198 e. The molecule has 5 nitrogen and oxygen atoms in total. The number of nitrogens with two attached hydrogens (primary N) is 1. The molecule has 0 amide bonds. The average molecular weight is 349 g/mol. The van der Waals surface area contributed by atoms with E-state index < -0.39 is 0 Å². The Morgan fingerprint density at radius 3 is 2.73 bits per heavy atom. The fourth-order valence-electron chi connectivity index (χ4n) is 2.83. The van der Waals surface area contributed by atoms with Crippen LogP contribution in [0.4, 0.5) is 10.2 Å². The van der Waals surface area contributed by atoms with Crippen molar-refractivity contribution in [3.63, 3.8) is 0 Å². The first-order valence-corrected chi connectivity index (χ1v) is 8.17. The lowest BCUT2D eigenvalue weighted by Crippen LogP contribution is -2.05. The fraction of sp³-hybridized carbons (Fsp3) is 0.150. The molecule has 0 bridgehead atoms. The first-order valence-electron chi connectivity index (χ1n) is 8.17. The lowest BCUT2D eigenvalue weighted by Gasteiger charge is -2.11. The number of fused-ring (bicyclic) bond motifs is 1. The number of nitrogens with zero attached hydrogens (tertiary/aromatic N) is 4. The largest absolute Gasteiger partial charge is 0.381 e. The number of anilines is 1. The summed E-state index contributed by atoms with van der Waals surface area (Å²) in [5.74, 6) is 0.565. The number of halogens is 1. The quantitative estimate of drug-likeness (QED) is 0.708. The Kier molecular flexibility index (Phi) is 4.67. The number of aryl methyl sites for hydroxylation is 1. The predicted octanol–water partition coefficient (Wildman–Crippen LogP) is 3.97. The Balaban J connectivity index is 2.16. The van der Waals surface area contributed by atoms with Gasteiger partial charge in [0.15, 0.2) is 17.3 Å². The SMILES string of the molecule is C=C/C=C(\C=C)Cc1nc2c(N)nc(-c3cccc(F)c3C)c(C)n2n1. The molecule has 0 aliphatic rings. The molecule has 0 saturated heterocycles. The third-order valence-corrected chi connectivity index (χ3v) is 4.25. The lowest BCUT2D eigenvalue weighted by atomic mass is 10.0. The number of benzene rings is 1. The highest BCUT2D eigenvalue weighted by Crippen LogP contribution is 2.28. The van der Waals surface area contributed by atoms with Gasteiger partial charge >= 0.3 is 0 Å². The van der Waals surface area contributed by atoms with Crippen LogP contribution >= 0.6 is 0 Å². The van der Waals surface area contributed by atoms with Crippen LogP contribution < -0.4 is 5.73 Å². The molecule has 0 spiro atoms. The topological polar surface area (TPSA) is 69.1 Å². The minimum absolute atomic E-state index is 0.251. The van der Waals surface area contributed by atoms with Gasteiger partial charge in [0.2, 0.25) is 0 Å². The summed E-state index contributed by atoms with van der Waals surface area (Å²) in [7, 11) is 0. The van der Waals surface area contributed by atoms with Gasteiger partial charge in [-0.15, -0.1) is 0 Å². The minimum atomic E-state index is -0.285. The monoisotopic (exact) mass is 349 g/mol. The first-order chi connectivity index (χ1) is 12.5. The van der Waals surface area contributed by atoms with Crippen LogP contribution in [0.25, 0.3) is 16.9 Å². The Morgan fingerprint density at radius 1 is 1.27 bits per heavy atom. The summed E-state index contributed by atoms with van der Waals surface area (Å²) in [4.78, 5) is 8.94. The van der Waals surface area contributed by atoms with Gasteiger partial charge in [-0.25, -0.2) is 18.9 Å². The molecule has 1 aromatic carbocycles. The van der Waals surface area contributed by atoms with Crippen molar-refractivity contribution in [2.75, 3.05) is 5.73 Å². The molecule has 0 radical (unpaired) electrons. The molecule has 0 aliphatic heterocycles. The standard InChI is InChI=1S/C20H20FN5/c1-5-8-14(6-2)11-17-23-20-19(22)24-18(13(4)26(20)25-17)15-9-7-10-16(21)12(15)3/h5-10H,1-2,11H2,3-4H3,(H2,22,24)/b14-8+. The molecule has 0 aliphatic carbocycles. The van der Waals surface area contributed by atoms with Crippen LogP contribution in [-0.2, 0) is 6.42 Å². The molecule has 2 N–H and O–H groups in total. The van der Waals surface area contributed by atoms with Gasteiger partial charge in [-0.2, -0.15) is 5.10 Å². The maximum absolute atomic E-state index is 14.0. The molecular formula is C20H20FN5. The summed E-state index contributed by atoms with van der Waals surface area (Å²) in [6, 6.07) is 4.90. The molecule has 26 heavy (non-hydrogen) atoms. The van der Waals surface area contributed by atoms with E-state index in [4.69, 9.17) is 5.73 Å². The van der Waals surface area contributed by atoms with Gasteiger partial charge in [0.25, 0.3) is 0 Å². The molecule has 132 valence electrons. The van der Waals surface area contributed by atoms with Gasteiger partial charge in [-0.05, 0) is 31.1 Å². The molecule has 0 fully saturated rings. The summed E-state index contributed by atoms with van der Waals surface area (Å²) < 4.78 is 15.6. The van der Waals surface area contributed by atoms with Crippen LogP contribution in [-0.4, -0.2) is 19.6 Å². The van der Waals surface area contributed by atoms with Crippen LogP contribution in [0.3, 0.4) is 0 Å². The zero-order chi connectivity index (χ0) is 18.8. The van der Waals surface area contributed by atoms with Crippen LogP contribution in [0.5, 0.6) is 0 Å². The van der Waals surface area contributed by atoms with Crippen molar-refractivity contribution in [2.45, 2.75) is 20.3 Å². The van der Waals surface area contributed by atoms with E-state index in [1.807, 2.05) is 19.1 Å². The van der Waals surface area contributed by atoms with E-state index in [0.29, 0.717) is 34.7 Å². The summed E-state index contributed by atoms with van der Waals surface area (Å²) in [6.45, 7) is 11.1. The number of hydrogen-bond acceptors (Lipinski definition) is 4.